The SMILES string of the molecule is COCCCN(CC(=O)N1CCc2sccc2C1c1ccc(C)cc1)C(=O)c1ccc2ccccc2c1. The molecule has 1 atom stereocenters. The van der Waals surface area contributed by atoms with Crippen molar-refractivity contribution in [2.45, 2.75) is 25.8 Å². The Hall–Kier alpha value is -3.48. The fraction of sp³-hybridized carbons (Fsp3) is 0.290. The van der Waals surface area contributed by atoms with Crippen LogP contribution in [0.3, 0.4) is 0 Å². The Morgan fingerprint density at radius 3 is 2.59 bits per heavy atom. The van der Waals surface area contributed by atoms with Crippen LogP contribution in [0.15, 0.2) is 78.2 Å². The van der Waals surface area contributed by atoms with E-state index in [1.807, 2.05) is 47.4 Å². The molecule has 0 saturated carbocycles. The van der Waals surface area contributed by atoms with Gasteiger partial charge in [0, 0.05) is 37.2 Å². The fourth-order valence-electron chi connectivity index (χ4n) is 5.10. The maximum atomic E-state index is 13.9. The van der Waals surface area contributed by atoms with E-state index in [0.29, 0.717) is 31.7 Å². The average Bonchev–Trinajstić information content (AvgIpc) is 3.41. The fourth-order valence-corrected chi connectivity index (χ4v) is 6.01. The number of thiophene rings is 1. The number of carbonyl (C=O) groups is 2. The van der Waals surface area contributed by atoms with Crippen molar-refractivity contribution in [2.24, 2.45) is 0 Å². The summed E-state index contributed by atoms with van der Waals surface area (Å²) in [5.41, 5.74) is 4.08. The predicted molar refractivity (Wildman–Crippen MR) is 149 cm³/mol. The van der Waals surface area contributed by atoms with E-state index < -0.39 is 0 Å². The van der Waals surface area contributed by atoms with Gasteiger partial charge >= 0.3 is 0 Å². The van der Waals surface area contributed by atoms with Crippen molar-refractivity contribution < 1.29 is 14.3 Å². The van der Waals surface area contributed by atoms with Crippen LogP contribution in [0.4, 0.5) is 0 Å². The van der Waals surface area contributed by atoms with Gasteiger partial charge in [-0.1, -0.05) is 60.2 Å². The summed E-state index contributed by atoms with van der Waals surface area (Å²) in [6, 6.07) is 24.2. The minimum Gasteiger partial charge on any atom is -0.385 e. The van der Waals surface area contributed by atoms with Gasteiger partial charge in [-0.05, 0) is 65.2 Å². The van der Waals surface area contributed by atoms with Crippen molar-refractivity contribution in [3.05, 3.63) is 105 Å². The number of rotatable bonds is 8. The van der Waals surface area contributed by atoms with Crippen LogP contribution in [0.1, 0.15) is 44.4 Å². The molecule has 1 unspecified atom stereocenters. The number of nitrogens with zero attached hydrogens (tertiary/aromatic N) is 2. The molecule has 37 heavy (non-hydrogen) atoms. The van der Waals surface area contributed by atoms with E-state index in [1.54, 1.807) is 23.3 Å². The summed E-state index contributed by atoms with van der Waals surface area (Å²) in [5, 5.41) is 4.21. The van der Waals surface area contributed by atoms with Crippen molar-refractivity contribution in [1.29, 1.82) is 0 Å². The van der Waals surface area contributed by atoms with E-state index in [1.165, 1.54) is 16.0 Å². The van der Waals surface area contributed by atoms with E-state index in [-0.39, 0.29) is 24.4 Å². The molecule has 5 rings (SSSR count). The minimum absolute atomic E-state index is 0.0334. The number of methoxy groups -OCH3 is 1. The lowest BCUT2D eigenvalue weighted by atomic mass is 9.92. The number of ether oxygens (including phenoxy) is 1. The van der Waals surface area contributed by atoms with Crippen molar-refractivity contribution in [3.63, 3.8) is 0 Å². The van der Waals surface area contributed by atoms with Gasteiger partial charge in [0.15, 0.2) is 0 Å². The second-order valence-electron chi connectivity index (χ2n) is 9.58. The quantitative estimate of drug-likeness (QED) is 0.278. The van der Waals surface area contributed by atoms with Crippen LogP contribution < -0.4 is 0 Å². The van der Waals surface area contributed by atoms with E-state index in [9.17, 15) is 9.59 Å². The summed E-state index contributed by atoms with van der Waals surface area (Å²) in [4.78, 5) is 32.5. The maximum absolute atomic E-state index is 13.9. The van der Waals surface area contributed by atoms with E-state index >= 15 is 0 Å². The highest BCUT2D eigenvalue weighted by Crippen LogP contribution is 2.38. The molecule has 2 amide bonds. The molecule has 3 aromatic carbocycles. The highest BCUT2D eigenvalue weighted by atomic mass is 32.1. The lowest BCUT2D eigenvalue weighted by molar-refractivity contribution is -0.134. The first-order valence-electron chi connectivity index (χ1n) is 12.7. The molecule has 1 aliphatic heterocycles. The largest absolute Gasteiger partial charge is 0.385 e. The average molecular weight is 513 g/mol. The predicted octanol–water partition coefficient (Wildman–Crippen LogP) is 5.86. The topological polar surface area (TPSA) is 49.9 Å². The van der Waals surface area contributed by atoms with Gasteiger partial charge in [0.05, 0.1) is 6.04 Å². The number of aryl methyl sites for hydroxylation is 1. The third-order valence-corrected chi connectivity index (χ3v) is 8.06. The first kappa shape index (κ1) is 25.2. The Kier molecular flexibility index (Phi) is 7.68. The minimum atomic E-state index is -0.139. The van der Waals surface area contributed by atoms with E-state index in [2.05, 4.69) is 42.6 Å². The first-order valence-corrected chi connectivity index (χ1v) is 13.6. The lowest BCUT2D eigenvalue weighted by Crippen LogP contribution is -2.47. The van der Waals surface area contributed by atoms with Gasteiger partial charge in [-0.2, -0.15) is 0 Å². The second kappa shape index (κ2) is 11.3. The Morgan fingerprint density at radius 1 is 1.03 bits per heavy atom. The standard InChI is InChI=1S/C31H32N2O3S/c1-22-8-10-24(11-9-22)30-27-15-19-37-28(27)14-17-33(30)29(34)21-32(16-5-18-36-2)31(35)26-13-12-23-6-3-4-7-25(23)20-26/h3-4,6-13,15,19-20,30H,5,14,16-18,21H2,1-2H3. The first-order chi connectivity index (χ1) is 18.0. The van der Waals surface area contributed by atoms with Gasteiger partial charge in [0.2, 0.25) is 5.91 Å². The molecular weight excluding hydrogens is 480 g/mol. The van der Waals surface area contributed by atoms with E-state index in [4.69, 9.17) is 4.74 Å². The highest BCUT2D eigenvalue weighted by molar-refractivity contribution is 7.10. The van der Waals surface area contributed by atoms with Crippen molar-refractivity contribution in [2.75, 3.05) is 33.4 Å². The molecule has 0 N–H and O–H groups in total. The lowest BCUT2D eigenvalue weighted by Gasteiger charge is -2.37. The van der Waals surface area contributed by atoms with Crippen molar-refractivity contribution in [3.8, 4) is 0 Å². The molecule has 4 aromatic rings. The zero-order valence-corrected chi connectivity index (χ0v) is 22.2. The summed E-state index contributed by atoms with van der Waals surface area (Å²) in [5.74, 6) is -0.163. The van der Waals surface area contributed by atoms with Gasteiger partial charge in [0.1, 0.15) is 6.54 Å². The Labute approximate surface area is 222 Å². The highest BCUT2D eigenvalue weighted by Gasteiger charge is 2.34. The molecule has 5 nitrogen and oxygen atoms in total. The number of carbonyl (C=O) groups excluding carboxylic acids is 2. The van der Waals surface area contributed by atoms with Crippen LogP contribution in [-0.4, -0.2) is 55.0 Å². The maximum Gasteiger partial charge on any atom is 0.254 e. The summed E-state index contributed by atoms with van der Waals surface area (Å²) in [6.45, 7) is 3.74. The molecule has 0 saturated heterocycles. The number of hydrogen-bond acceptors (Lipinski definition) is 4. The van der Waals surface area contributed by atoms with Gasteiger partial charge < -0.3 is 14.5 Å². The second-order valence-corrected chi connectivity index (χ2v) is 10.6. The summed E-state index contributed by atoms with van der Waals surface area (Å²) >= 11 is 1.75. The van der Waals surface area contributed by atoms with Crippen LogP contribution >= 0.6 is 11.3 Å². The number of fused-ring (bicyclic) bond motifs is 2. The van der Waals surface area contributed by atoms with Gasteiger partial charge in [-0.15, -0.1) is 11.3 Å². The zero-order chi connectivity index (χ0) is 25.8. The van der Waals surface area contributed by atoms with Crippen LogP contribution in [-0.2, 0) is 16.0 Å². The number of benzene rings is 3. The third-order valence-electron chi connectivity index (χ3n) is 7.07. The molecule has 0 radical (unpaired) electrons. The zero-order valence-electron chi connectivity index (χ0n) is 21.4. The Bertz CT molecular complexity index is 1400. The molecule has 6 heteroatoms. The Balaban J connectivity index is 1.42. The van der Waals surface area contributed by atoms with Crippen LogP contribution in [0.25, 0.3) is 10.8 Å². The summed E-state index contributed by atoms with van der Waals surface area (Å²) in [7, 11) is 1.65. The third kappa shape index (κ3) is 5.45. The molecular formula is C31H32N2O3S. The molecule has 0 aliphatic carbocycles. The normalized spacial score (nSPS) is 15.0. The molecule has 0 bridgehead atoms. The summed E-state index contributed by atoms with van der Waals surface area (Å²) in [6.07, 6.45) is 1.50. The molecule has 0 spiro atoms. The smallest absolute Gasteiger partial charge is 0.254 e. The van der Waals surface area contributed by atoms with Crippen LogP contribution in [0.5, 0.6) is 0 Å². The number of amides is 2. The molecule has 1 aromatic heterocycles. The molecule has 0 fully saturated rings. The number of hydrogen-bond donors (Lipinski definition) is 0. The van der Waals surface area contributed by atoms with E-state index in [0.717, 1.165) is 22.8 Å². The van der Waals surface area contributed by atoms with Crippen molar-refractivity contribution >= 4 is 33.9 Å². The van der Waals surface area contributed by atoms with Crippen molar-refractivity contribution in [1.82, 2.24) is 9.80 Å². The van der Waals surface area contributed by atoms with Gasteiger partial charge in [0.25, 0.3) is 5.91 Å². The van der Waals surface area contributed by atoms with Gasteiger partial charge in [-0.3, -0.25) is 9.59 Å². The van der Waals surface area contributed by atoms with Gasteiger partial charge in [-0.25, -0.2) is 0 Å². The van der Waals surface area contributed by atoms with Crippen LogP contribution in [0.2, 0.25) is 0 Å². The Morgan fingerprint density at radius 2 is 1.81 bits per heavy atom. The summed E-state index contributed by atoms with van der Waals surface area (Å²) < 4.78 is 5.24. The molecule has 2 heterocycles. The molecule has 1 aliphatic rings. The monoisotopic (exact) mass is 512 g/mol. The molecule has 190 valence electrons. The van der Waals surface area contributed by atoms with Crippen LogP contribution in [0, 0.1) is 6.92 Å².